The Bertz CT molecular complexity index is 922. The van der Waals surface area contributed by atoms with Crippen LogP contribution >= 0.6 is 0 Å². The van der Waals surface area contributed by atoms with E-state index in [1.54, 1.807) is 0 Å². The zero-order chi connectivity index (χ0) is 19.6. The normalized spacial score (nSPS) is 10.0. The summed E-state index contributed by atoms with van der Waals surface area (Å²) in [5, 5.41) is 12.2. The van der Waals surface area contributed by atoms with E-state index in [0.29, 0.717) is 13.0 Å². The van der Waals surface area contributed by atoms with E-state index in [9.17, 15) is 4.79 Å². The summed E-state index contributed by atoms with van der Waals surface area (Å²) in [6.07, 6.45) is 1.20. The van der Waals surface area contributed by atoms with Gasteiger partial charge in [-0.25, -0.2) is 0 Å². The molecular weight excluding hydrogens is 340 g/mol. The van der Waals surface area contributed by atoms with Gasteiger partial charge in [0.05, 0.1) is 0 Å². The van der Waals surface area contributed by atoms with E-state index in [0.717, 1.165) is 23.2 Å². The first kappa shape index (κ1) is 20.1. The first-order valence-corrected chi connectivity index (χ1v) is 8.72. The number of nitrogens with one attached hydrogen (secondary N) is 1. The highest BCUT2D eigenvalue weighted by Gasteiger charge is 2.05. The molecule has 0 aliphatic heterocycles. The first-order chi connectivity index (χ1) is 13.1. The molecule has 4 N–H and O–H groups in total. The molecule has 3 aromatic carbocycles. The molecule has 5 heteroatoms. The first-order valence-electron chi connectivity index (χ1n) is 8.72. The van der Waals surface area contributed by atoms with Gasteiger partial charge in [0.25, 0.3) is 6.47 Å². The van der Waals surface area contributed by atoms with Crippen molar-refractivity contribution in [2.45, 2.75) is 26.3 Å². The second kappa shape index (κ2) is 10.1. The minimum atomic E-state index is -0.250. The third kappa shape index (κ3) is 5.94. The Kier molecular flexibility index (Phi) is 7.52. The number of rotatable bonds is 5. The molecule has 0 fully saturated rings. The van der Waals surface area contributed by atoms with Crippen LogP contribution in [-0.2, 0) is 22.6 Å². The molecule has 0 heterocycles. The van der Waals surface area contributed by atoms with Gasteiger partial charge >= 0.3 is 0 Å². The Morgan fingerprint density at radius 2 is 1.63 bits per heavy atom. The summed E-state index contributed by atoms with van der Waals surface area (Å²) < 4.78 is 0. The van der Waals surface area contributed by atoms with Gasteiger partial charge in [-0.05, 0) is 52.9 Å². The zero-order valence-electron chi connectivity index (χ0n) is 15.3. The summed E-state index contributed by atoms with van der Waals surface area (Å²) in [5.41, 5.74) is 9.94. The van der Waals surface area contributed by atoms with Gasteiger partial charge in [0.2, 0.25) is 5.91 Å². The Labute approximate surface area is 158 Å². The summed E-state index contributed by atoms with van der Waals surface area (Å²) in [7, 11) is 0. The molecular formula is C22H24N2O3. The van der Waals surface area contributed by atoms with Gasteiger partial charge in [0, 0.05) is 18.7 Å². The molecule has 0 aromatic heterocycles. The fourth-order valence-electron chi connectivity index (χ4n) is 2.81. The lowest BCUT2D eigenvalue weighted by molar-refractivity contribution is -0.123. The molecule has 0 saturated carbocycles. The molecule has 1 amide bonds. The average molecular weight is 364 g/mol. The van der Waals surface area contributed by atoms with Crippen LogP contribution in [0.2, 0.25) is 0 Å². The van der Waals surface area contributed by atoms with E-state index >= 15 is 0 Å². The second-order valence-electron chi connectivity index (χ2n) is 6.19. The maximum Gasteiger partial charge on any atom is 0.290 e. The zero-order valence-corrected chi connectivity index (χ0v) is 15.3. The predicted molar refractivity (Wildman–Crippen MR) is 109 cm³/mol. The molecule has 0 unspecified atom stereocenters. The second-order valence-corrected chi connectivity index (χ2v) is 6.19. The van der Waals surface area contributed by atoms with Crippen LogP contribution < -0.4 is 11.1 Å². The van der Waals surface area contributed by atoms with E-state index in [-0.39, 0.29) is 12.4 Å². The summed E-state index contributed by atoms with van der Waals surface area (Å²) in [6, 6.07) is 20.4. The maximum atomic E-state index is 12.2. The van der Waals surface area contributed by atoms with Gasteiger partial charge in [-0.2, -0.15) is 0 Å². The molecule has 0 aliphatic carbocycles. The van der Waals surface area contributed by atoms with Crippen LogP contribution in [-0.4, -0.2) is 17.5 Å². The number of carbonyl (C=O) groups is 2. The fourth-order valence-corrected chi connectivity index (χ4v) is 2.81. The van der Waals surface area contributed by atoms with Crippen LogP contribution in [0.4, 0.5) is 5.69 Å². The Balaban J connectivity index is 0.000000817. The van der Waals surface area contributed by atoms with E-state index < -0.39 is 0 Å². The van der Waals surface area contributed by atoms with Crippen molar-refractivity contribution in [2.24, 2.45) is 5.73 Å². The van der Waals surface area contributed by atoms with Crippen LogP contribution in [0.15, 0.2) is 60.7 Å². The molecule has 0 radical (unpaired) electrons. The Morgan fingerprint density at radius 3 is 2.26 bits per heavy atom. The van der Waals surface area contributed by atoms with Crippen LogP contribution in [0.1, 0.15) is 23.1 Å². The SMILES string of the molecule is Cc1ccccc1NC(=O)CCc1ccc2cc(CN)ccc2c1.O=CO. The number of carboxylic acid groups (broad SMARTS) is 1. The highest BCUT2D eigenvalue weighted by atomic mass is 16.3. The number of nitrogens with two attached hydrogens (primary N) is 1. The van der Waals surface area contributed by atoms with Crippen molar-refractivity contribution in [3.63, 3.8) is 0 Å². The van der Waals surface area contributed by atoms with Gasteiger partial charge in [-0.15, -0.1) is 0 Å². The van der Waals surface area contributed by atoms with E-state index in [2.05, 4.69) is 41.7 Å². The molecule has 3 rings (SSSR count). The molecule has 0 aliphatic rings. The maximum absolute atomic E-state index is 12.2. The lowest BCUT2D eigenvalue weighted by Gasteiger charge is -2.09. The number of para-hydroxylation sites is 1. The highest BCUT2D eigenvalue weighted by molar-refractivity contribution is 5.91. The number of fused-ring (bicyclic) bond motifs is 1. The summed E-state index contributed by atoms with van der Waals surface area (Å²) in [5.74, 6) is 0.0443. The van der Waals surface area contributed by atoms with Crippen molar-refractivity contribution in [3.05, 3.63) is 77.4 Å². The third-order valence-corrected chi connectivity index (χ3v) is 4.26. The van der Waals surface area contributed by atoms with E-state index in [1.165, 1.54) is 16.3 Å². The van der Waals surface area contributed by atoms with Crippen molar-refractivity contribution in [3.8, 4) is 0 Å². The van der Waals surface area contributed by atoms with E-state index in [4.69, 9.17) is 15.6 Å². The lowest BCUT2D eigenvalue weighted by atomic mass is 10.0. The monoisotopic (exact) mass is 364 g/mol. The van der Waals surface area contributed by atoms with Gasteiger partial charge in [-0.1, -0.05) is 48.5 Å². The molecule has 0 saturated heterocycles. The van der Waals surface area contributed by atoms with Crippen molar-refractivity contribution < 1.29 is 14.7 Å². The fraction of sp³-hybridized carbons (Fsp3) is 0.182. The average Bonchev–Trinajstić information content (AvgIpc) is 2.68. The smallest absolute Gasteiger partial charge is 0.290 e. The topological polar surface area (TPSA) is 92.4 Å². The summed E-state index contributed by atoms with van der Waals surface area (Å²) in [6.45, 7) is 2.30. The third-order valence-electron chi connectivity index (χ3n) is 4.26. The number of hydrogen-bond donors (Lipinski definition) is 3. The minimum absolute atomic E-state index is 0.0443. The van der Waals surface area contributed by atoms with Crippen LogP contribution in [0.5, 0.6) is 0 Å². The number of hydrogen-bond acceptors (Lipinski definition) is 3. The van der Waals surface area contributed by atoms with Crippen molar-refractivity contribution in [1.82, 2.24) is 0 Å². The number of aryl methyl sites for hydroxylation is 2. The van der Waals surface area contributed by atoms with Crippen LogP contribution in [0.25, 0.3) is 10.8 Å². The molecule has 0 atom stereocenters. The Morgan fingerprint density at radius 1 is 1.04 bits per heavy atom. The molecule has 3 aromatic rings. The quantitative estimate of drug-likeness (QED) is 0.599. The number of carbonyl (C=O) groups excluding carboxylic acids is 1. The number of anilines is 1. The van der Waals surface area contributed by atoms with Crippen LogP contribution in [0, 0.1) is 6.92 Å². The molecule has 27 heavy (non-hydrogen) atoms. The highest BCUT2D eigenvalue weighted by Crippen LogP contribution is 2.19. The molecule has 5 nitrogen and oxygen atoms in total. The van der Waals surface area contributed by atoms with Gasteiger partial charge in [-0.3, -0.25) is 9.59 Å². The standard InChI is InChI=1S/C21H22N2O.CH2O2/c1-15-4-2-3-5-20(15)23-21(24)11-8-16-6-9-19-13-17(14-22)7-10-18(19)12-16;2-1-3/h2-7,9-10,12-13H,8,11,14,22H2,1H3,(H,23,24);1H,(H,2,3). The summed E-state index contributed by atoms with van der Waals surface area (Å²) in [4.78, 5) is 20.5. The van der Waals surface area contributed by atoms with Gasteiger partial charge < -0.3 is 16.2 Å². The lowest BCUT2D eigenvalue weighted by Crippen LogP contribution is -2.13. The predicted octanol–water partition coefficient (Wildman–Crippen LogP) is 3.88. The van der Waals surface area contributed by atoms with Gasteiger partial charge in [0.1, 0.15) is 0 Å². The summed E-state index contributed by atoms with van der Waals surface area (Å²) >= 11 is 0. The Hall–Kier alpha value is -3.18. The molecule has 140 valence electrons. The van der Waals surface area contributed by atoms with Crippen molar-refractivity contribution in [1.29, 1.82) is 0 Å². The van der Waals surface area contributed by atoms with Gasteiger partial charge in [0.15, 0.2) is 0 Å². The van der Waals surface area contributed by atoms with Crippen molar-refractivity contribution in [2.75, 3.05) is 5.32 Å². The number of benzene rings is 3. The number of amides is 1. The van der Waals surface area contributed by atoms with Crippen molar-refractivity contribution >= 4 is 28.8 Å². The minimum Gasteiger partial charge on any atom is -0.483 e. The largest absolute Gasteiger partial charge is 0.483 e. The van der Waals surface area contributed by atoms with Crippen LogP contribution in [0.3, 0.4) is 0 Å². The van der Waals surface area contributed by atoms with E-state index in [1.807, 2.05) is 31.2 Å². The molecule has 0 spiro atoms. The molecule has 0 bridgehead atoms.